The third-order valence-electron chi connectivity index (χ3n) is 5.98. The van der Waals surface area contributed by atoms with Gasteiger partial charge in [0.15, 0.2) is 0 Å². The van der Waals surface area contributed by atoms with Crippen LogP contribution in [-0.2, 0) is 9.31 Å². The van der Waals surface area contributed by atoms with Crippen LogP contribution in [0.5, 0.6) is 0 Å². The molecule has 0 saturated carbocycles. The Morgan fingerprint density at radius 2 is 1.44 bits per heavy atom. The van der Waals surface area contributed by atoms with Crippen molar-refractivity contribution >= 4 is 56.9 Å². The number of rotatable bonds is 1. The highest BCUT2D eigenvalue weighted by atomic mass is 35.5. The first-order valence-corrected chi connectivity index (χ1v) is 9.54. The van der Waals surface area contributed by atoms with Gasteiger partial charge in [-0.1, -0.05) is 48.0 Å². The second-order valence-electron chi connectivity index (χ2n) is 8.23. The monoisotopic (exact) mass is 378 g/mol. The van der Waals surface area contributed by atoms with Crippen LogP contribution in [0.4, 0.5) is 0 Å². The average molecular weight is 379 g/mol. The van der Waals surface area contributed by atoms with Gasteiger partial charge in [-0.15, -0.1) is 0 Å². The van der Waals surface area contributed by atoms with Gasteiger partial charge in [0.1, 0.15) is 11.2 Å². The van der Waals surface area contributed by atoms with E-state index in [0.717, 1.165) is 43.2 Å². The number of furan rings is 1. The molecule has 0 atom stereocenters. The molecular weight excluding hydrogens is 359 g/mol. The van der Waals surface area contributed by atoms with Crippen molar-refractivity contribution in [3.8, 4) is 0 Å². The Kier molecular flexibility index (Phi) is 3.49. The van der Waals surface area contributed by atoms with Crippen molar-refractivity contribution in [1.29, 1.82) is 0 Å². The van der Waals surface area contributed by atoms with E-state index in [0.29, 0.717) is 0 Å². The minimum absolute atomic E-state index is 0.370. The Bertz CT molecular complexity index is 1190. The zero-order valence-corrected chi connectivity index (χ0v) is 16.6. The highest BCUT2D eigenvalue weighted by Crippen LogP contribution is 2.39. The molecule has 0 radical (unpaired) electrons. The van der Waals surface area contributed by atoms with Crippen LogP contribution in [0.1, 0.15) is 27.7 Å². The van der Waals surface area contributed by atoms with Crippen LogP contribution in [0.3, 0.4) is 0 Å². The smallest absolute Gasteiger partial charge is 0.455 e. The van der Waals surface area contributed by atoms with E-state index in [1.54, 1.807) is 0 Å². The molecule has 0 bridgehead atoms. The summed E-state index contributed by atoms with van der Waals surface area (Å²) < 4.78 is 18.6. The van der Waals surface area contributed by atoms with E-state index in [1.807, 2.05) is 42.5 Å². The minimum atomic E-state index is -0.403. The van der Waals surface area contributed by atoms with Gasteiger partial charge in [-0.3, -0.25) is 0 Å². The van der Waals surface area contributed by atoms with E-state index < -0.39 is 7.12 Å². The second kappa shape index (κ2) is 5.51. The molecule has 136 valence electrons. The van der Waals surface area contributed by atoms with Gasteiger partial charge in [0, 0.05) is 26.6 Å². The summed E-state index contributed by atoms with van der Waals surface area (Å²) >= 11 is 6.54. The lowest BCUT2D eigenvalue weighted by Gasteiger charge is -2.32. The molecule has 0 spiro atoms. The Balaban J connectivity index is 1.71. The van der Waals surface area contributed by atoms with E-state index in [4.69, 9.17) is 25.3 Å². The fourth-order valence-electron chi connectivity index (χ4n) is 3.70. The fraction of sp³-hybridized carbons (Fsp3) is 0.273. The molecule has 3 nitrogen and oxygen atoms in total. The quantitative estimate of drug-likeness (QED) is 0.399. The summed E-state index contributed by atoms with van der Waals surface area (Å²) in [7, 11) is -0.403. The summed E-state index contributed by atoms with van der Waals surface area (Å²) in [5.41, 5.74) is 1.93. The van der Waals surface area contributed by atoms with Crippen molar-refractivity contribution in [2.45, 2.75) is 38.9 Å². The van der Waals surface area contributed by atoms with E-state index in [1.165, 1.54) is 0 Å². The average Bonchev–Trinajstić information content (AvgIpc) is 3.09. The molecule has 0 unspecified atom stereocenters. The number of hydrogen-bond donors (Lipinski definition) is 0. The lowest BCUT2D eigenvalue weighted by Crippen LogP contribution is -2.41. The summed E-state index contributed by atoms with van der Waals surface area (Å²) in [6, 6.07) is 16.1. The SMILES string of the molecule is CC1(C)OB(c2ccc3oc4c5ccccc5c(Cl)cc4c3c2)OC1(C)C. The molecule has 0 aliphatic carbocycles. The van der Waals surface area contributed by atoms with E-state index in [9.17, 15) is 0 Å². The van der Waals surface area contributed by atoms with Gasteiger partial charge in [0.2, 0.25) is 0 Å². The second-order valence-corrected chi connectivity index (χ2v) is 8.63. The van der Waals surface area contributed by atoms with Crippen LogP contribution >= 0.6 is 11.6 Å². The standard InChI is InChI=1S/C22H20BClO3/c1-21(2)22(3,4)27-23(26-21)13-9-10-19-16(11-13)17-12-18(24)14-7-5-6-8-15(14)20(17)25-19/h5-12H,1-4H3. The van der Waals surface area contributed by atoms with Crippen LogP contribution in [0, 0.1) is 0 Å². The maximum absolute atomic E-state index is 6.54. The number of hydrogen-bond acceptors (Lipinski definition) is 3. The molecule has 1 saturated heterocycles. The highest BCUT2D eigenvalue weighted by Gasteiger charge is 2.51. The van der Waals surface area contributed by atoms with Crippen LogP contribution in [0.2, 0.25) is 5.02 Å². The number of benzene rings is 3. The maximum atomic E-state index is 6.54. The van der Waals surface area contributed by atoms with Crippen LogP contribution < -0.4 is 5.46 Å². The number of halogens is 1. The third kappa shape index (κ3) is 2.44. The molecule has 0 N–H and O–H groups in total. The highest BCUT2D eigenvalue weighted by molar-refractivity contribution is 6.62. The van der Waals surface area contributed by atoms with E-state index >= 15 is 0 Å². The Morgan fingerprint density at radius 3 is 2.15 bits per heavy atom. The van der Waals surface area contributed by atoms with Gasteiger partial charge in [-0.25, -0.2) is 0 Å². The molecule has 1 aromatic heterocycles. The van der Waals surface area contributed by atoms with Crippen molar-refractivity contribution in [3.63, 3.8) is 0 Å². The van der Waals surface area contributed by atoms with Crippen molar-refractivity contribution < 1.29 is 13.7 Å². The van der Waals surface area contributed by atoms with E-state index in [2.05, 4.69) is 33.8 Å². The van der Waals surface area contributed by atoms with Gasteiger partial charge in [-0.2, -0.15) is 0 Å². The third-order valence-corrected chi connectivity index (χ3v) is 6.29. The fourth-order valence-corrected chi connectivity index (χ4v) is 3.97. The predicted octanol–water partition coefficient (Wildman–Crippen LogP) is 5.69. The van der Waals surface area contributed by atoms with Gasteiger partial charge >= 0.3 is 7.12 Å². The van der Waals surface area contributed by atoms with Gasteiger partial charge in [0.25, 0.3) is 0 Å². The molecule has 3 aromatic carbocycles. The first-order chi connectivity index (χ1) is 12.8. The minimum Gasteiger partial charge on any atom is -0.455 e. The molecule has 1 fully saturated rings. The Hall–Kier alpha value is -2.01. The lowest BCUT2D eigenvalue weighted by molar-refractivity contribution is 0.00578. The Labute approximate surface area is 163 Å². The largest absolute Gasteiger partial charge is 0.494 e. The molecule has 2 heterocycles. The molecular formula is C22H20BClO3. The zero-order chi connectivity index (χ0) is 19.0. The summed E-state index contributed by atoms with van der Waals surface area (Å²) in [6.45, 7) is 8.24. The van der Waals surface area contributed by atoms with Crippen LogP contribution in [0.15, 0.2) is 52.9 Å². The molecule has 5 heteroatoms. The molecule has 0 amide bonds. The molecule has 27 heavy (non-hydrogen) atoms. The number of fused-ring (bicyclic) bond motifs is 5. The summed E-state index contributed by atoms with van der Waals surface area (Å²) in [6.07, 6.45) is 0. The summed E-state index contributed by atoms with van der Waals surface area (Å²) in [4.78, 5) is 0. The lowest BCUT2D eigenvalue weighted by atomic mass is 9.78. The van der Waals surface area contributed by atoms with Crippen molar-refractivity contribution in [3.05, 3.63) is 53.6 Å². The Morgan fingerprint density at radius 1 is 0.778 bits per heavy atom. The van der Waals surface area contributed by atoms with Crippen LogP contribution in [-0.4, -0.2) is 18.3 Å². The molecule has 4 aromatic rings. The first kappa shape index (κ1) is 17.1. The predicted molar refractivity (Wildman–Crippen MR) is 112 cm³/mol. The van der Waals surface area contributed by atoms with Crippen LogP contribution in [0.25, 0.3) is 32.7 Å². The first-order valence-electron chi connectivity index (χ1n) is 9.16. The van der Waals surface area contributed by atoms with E-state index in [-0.39, 0.29) is 11.2 Å². The van der Waals surface area contributed by atoms with Crippen molar-refractivity contribution in [2.24, 2.45) is 0 Å². The molecule has 5 rings (SSSR count). The maximum Gasteiger partial charge on any atom is 0.494 e. The molecule has 1 aliphatic rings. The van der Waals surface area contributed by atoms with Crippen molar-refractivity contribution in [2.75, 3.05) is 0 Å². The summed E-state index contributed by atoms with van der Waals surface area (Å²) in [5, 5.41) is 4.77. The zero-order valence-electron chi connectivity index (χ0n) is 15.8. The summed E-state index contributed by atoms with van der Waals surface area (Å²) in [5.74, 6) is 0. The topological polar surface area (TPSA) is 31.6 Å². The van der Waals surface area contributed by atoms with Gasteiger partial charge in [0.05, 0.1) is 11.2 Å². The normalized spacial score (nSPS) is 18.8. The molecule has 1 aliphatic heterocycles. The van der Waals surface area contributed by atoms with Crippen molar-refractivity contribution in [1.82, 2.24) is 0 Å². The van der Waals surface area contributed by atoms with Gasteiger partial charge < -0.3 is 13.7 Å². The van der Waals surface area contributed by atoms with Gasteiger partial charge in [-0.05, 0) is 45.3 Å².